The van der Waals surface area contributed by atoms with Crippen LogP contribution in [0.3, 0.4) is 0 Å². The van der Waals surface area contributed by atoms with E-state index in [2.05, 4.69) is 28.7 Å². The number of nitrogens with zero attached hydrogens (tertiary/aromatic N) is 2. The molecule has 0 radical (unpaired) electrons. The zero-order valence-corrected chi connectivity index (χ0v) is 17.9. The van der Waals surface area contributed by atoms with Crippen molar-refractivity contribution in [3.05, 3.63) is 70.0 Å². The van der Waals surface area contributed by atoms with Gasteiger partial charge >= 0.3 is 5.97 Å². The van der Waals surface area contributed by atoms with Crippen molar-refractivity contribution in [2.24, 2.45) is 0 Å². The number of anilines is 1. The van der Waals surface area contributed by atoms with E-state index in [1.165, 1.54) is 11.3 Å². The summed E-state index contributed by atoms with van der Waals surface area (Å²) in [6.45, 7) is 8.33. The van der Waals surface area contributed by atoms with Gasteiger partial charge in [0.15, 0.2) is 17.4 Å². The Hall–Kier alpha value is -2.93. The van der Waals surface area contributed by atoms with E-state index < -0.39 is 5.97 Å². The van der Waals surface area contributed by atoms with E-state index in [4.69, 9.17) is 4.74 Å². The third-order valence-electron chi connectivity index (χ3n) is 4.64. The fourth-order valence-electron chi connectivity index (χ4n) is 3.36. The minimum Gasteiger partial charge on any atom is -0.453 e. The molecule has 2 heterocycles. The lowest BCUT2D eigenvalue weighted by atomic mass is 10.1. The number of hydrogen-bond donors (Lipinski definition) is 1. The third-order valence-corrected chi connectivity index (χ3v) is 5.44. The molecular weight excluding hydrogens is 386 g/mol. The highest BCUT2D eigenvalue weighted by Gasteiger charge is 2.20. The molecule has 0 aliphatic rings. The van der Waals surface area contributed by atoms with Crippen molar-refractivity contribution >= 4 is 28.2 Å². The van der Waals surface area contributed by atoms with E-state index in [0.717, 1.165) is 17.0 Å². The topological polar surface area (TPSA) is 73.2 Å². The summed E-state index contributed by atoms with van der Waals surface area (Å²) in [5, 5.41) is 5.45. The second-order valence-electron chi connectivity index (χ2n) is 7.12. The van der Waals surface area contributed by atoms with Gasteiger partial charge in [0.1, 0.15) is 0 Å². The number of aryl methyl sites for hydroxylation is 1. The van der Waals surface area contributed by atoms with Crippen LogP contribution in [-0.2, 0) is 11.3 Å². The second kappa shape index (κ2) is 9.05. The molecule has 3 aromatic rings. The lowest BCUT2D eigenvalue weighted by molar-refractivity contribution is 0.0469. The maximum absolute atomic E-state index is 12.5. The molecule has 0 fully saturated rings. The molecule has 0 amide bonds. The molecule has 0 aliphatic heterocycles. The van der Waals surface area contributed by atoms with Crippen LogP contribution < -0.4 is 5.32 Å². The Morgan fingerprint density at radius 1 is 1.21 bits per heavy atom. The lowest BCUT2D eigenvalue weighted by Gasteiger charge is -2.13. The van der Waals surface area contributed by atoms with Gasteiger partial charge in [-0.15, -0.1) is 11.3 Å². The molecule has 29 heavy (non-hydrogen) atoms. The maximum atomic E-state index is 12.5. The van der Waals surface area contributed by atoms with Crippen LogP contribution in [-0.4, -0.2) is 27.9 Å². The number of benzene rings is 1. The van der Waals surface area contributed by atoms with Crippen LogP contribution in [0.25, 0.3) is 0 Å². The van der Waals surface area contributed by atoms with E-state index in [0.29, 0.717) is 17.2 Å². The summed E-state index contributed by atoms with van der Waals surface area (Å²) in [7, 11) is 0. The molecule has 0 saturated carbocycles. The van der Waals surface area contributed by atoms with Crippen LogP contribution >= 0.6 is 11.3 Å². The summed E-state index contributed by atoms with van der Waals surface area (Å²) in [4.78, 5) is 29.1. The average molecular weight is 412 g/mol. The molecule has 3 rings (SSSR count). The largest absolute Gasteiger partial charge is 0.453 e. The Kier molecular flexibility index (Phi) is 6.49. The maximum Gasteiger partial charge on any atom is 0.358 e. The number of ether oxygens (including phenoxy) is 1. The normalized spacial score (nSPS) is 10.9. The third kappa shape index (κ3) is 4.92. The number of aromatic nitrogens is 2. The first kappa shape index (κ1) is 20.8. The molecule has 2 aromatic heterocycles. The minimum atomic E-state index is -0.597. The number of rotatable bonds is 8. The first-order valence-corrected chi connectivity index (χ1v) is 10.4. The predicted octanol–water partition coefficient (Wildman–Crippen LogP) is 4.79. The number of thiazole rings is 1. The van der Waals surface area contributed by atoms with E-state index in [1.807, 2.05) is 50.2 Å². The van der Waals surface area contributed by atoms with Gasteiger partial charge in [0, 0.05) is 34.9 Å². The van der Waals surface area contributed by atoms with Gasteiger partial charge in [-0.05, 0) is 39.3 Å². The SMILES string of the molecule is Cc1cc(C(=O)COC(=O)c2csc(NCc3ccccc3)n2)c(C)n1C(C)C. The average Bonchev–Trinajstić information content (AvgIpc) is 3.29. The van der Waals surface area contributed by atoms with Gasteiger partial charge in [-0.1, -0.05) is 30.3 Å². The number of ketones is 1. The van der Waals surface area contributed by atoms with Gasteiger partial charge < -0.3 is 14.6 Å². The molecule has 1 aromatic carbocycles. The van der Waals surface area contributed by atoms with Crippen LogP contribution in [0.1, 0.15) is 57.7 Å². The van der Waals surface area contributed by atoms with Gasteiger partial charge in [0.2, 0.25) is 5.78 Å². The molecule has 0 unspecified atom stereocenters. The van der Waals surface area contributed by atoms with Gasteiger partial charge in [-0.3, -0.25) is 4.79 Å². The van der Waals surface area contributed by atoms with Crippen molar-refractivity contribution in [3.8, 4) is 0 Å². The Bertz CT molecular complexity index is 1010. The lowest BCUT2D eigenvalue weighted by Crippen LogP contribution is -2.15. The second-order valence-corrected chi connectivity index (χ2v) is 7.98. The molecule has 0 saturated heterocycles. The molecular formula is C22H25N3O3S. The summed E-state index contributed by atoms with van der Waals surface area (Å²) >= 11 is 1.33. The van der Waals surface area contributed by atoms with E-state index in [9.17, 15) is 9.59 Å². The Balaban J connectivity index is 1.56. The van der Waals surface area contributed by atoms with Crippen LogP contribution in [0, 0.1) is 13.8 Å². The fourth-order valence-corrected chi connectivity index (χ4v) is 4.04. The Morgan fingerprint density at radius 2 is 1.93 bits per heavy atom. The van der Waals surface area contributed by atoms with Crippen molar-refractivity contribution in [1.29, 1.82) is 0 Å². The summed E-state index contributed by atoms with van der Waals surface area (Å²) < 4.78 is 7.30. The highest BCUT2D eigenvalue weighted by molar-refractivity contribution is 7.13. The molecule has 152 valence electrons. The number of hydrogen-bond acceptors (Lipinski definition) is 6. The zero-order chi connectivity index (χ0) is 21.0. The monoisotopic (exact) mass is 411 g/mol. The molecule has 7 heteroatoms. The van der Waals surface area contributed by atoms with Crippen molar-refractivity contribution in [2.75, 3.05) is 11.9 Å². The number of esters is 1. The van der Waals surface area contributed by atoms with Crippen LogP contribution in [0.2, 0.25) is 0 Å². The quantitative estimate of drug-likeness (QED) is 0.426. The van der Waals surface area contributed by atoms with Crippen LogP contribution in [0.15, 0.2) is 41.8 Å². The number of carbonyl (C=O) groups excluding carboxylic acids is 2. The van der Waals surface area contributed by atoms with Crippen molar-refractivity contribution in [1.82, 2.24) is 9.55 Å². The number of nitrogens with one attached hydrogen (secondary N) is 1. The Labute approximate surface area is 174 Å². The number of Topliss-reactive ketones (excluding diaryl/α,β-unsaturated/α-hetero) is 1. The standard InChI is InChI=1S/C22H25N3O3S/c1-14(2)25-15(3)10-18(16(25)4)20(26)12-28-21(27)19-13-29-22(24-19)23-11-17-8-6-5-7-9-17/h5-10,13-14H,11-12H2,1-4H3,(H,23,24). The van der Waals surface area contributed by atoms with Crippen molar-refractivity contribution < 1.29 is 14.3 Å². The highest BCUT2D eigenvalue weighted by atomic mass is 32.1. The molecule has 0 aliphatic carbocycles. The van der Waals surface area contributed by atoms with E-state index in [1.54, 1.807) is 5.38 Å². The van der Waals surface area contributed by atoms with Crippen LogP contribution in [0.5, 0.6) is 0 Å². The Morgan fingerprint density at radius 3 is 2.59 bits per heavy atom. The predicted molar refractivity (Wildman–Crippen MR) is 115 cm³/mol. The van der Waals surface area contributed by atoms with Crippen molar-refractivity contribution in [3.63, 3.8) is 0 Å². The first-order valence-electron chi connectivity index (χ1n) is 9.49. The van der Waals surface area contributed by atoms with Crippen molar-refractivity contribution in [2.45, 2.75) is 40.3 Å². The molecule has 0 bridgehead atoms. The van der Waals surface area contributed by atoms with Gasteiger partial charge in [-0.2, -0.15) is 0 Å². The molecule has 0 atom stereocenters. The van der Waals surface area contributed by atoms with Gasteiger partial charge in [0.25, 0.3) is 0 Å². The summed E-state index contributed by atoms with van der Waals surface area (Å²) in [6.07, 6.45) is 0. The van der Waals surface area contributed by atoms with Crippen LogP contribution in [0.4, 0.5) is 5.13 Å². The van der Waals surface area contributed by atoms with Gasteiger partial charge in [-0.25, -0.2) is 9.78 Å². The minimum absolute atomic E-state index is 0.200. The van der Waals surface area contributed by atoms with E-state index in [-0.39, 0.29) is 24.1 Å². The smallest absolute Gasteiger partial charge is 0.358 e. The summed E-state index contributed by atoms with van der Waals surface area (Å²) in [5.41, 5.74) is 3.82. The zero-order valence-electron chi connectivity index (χ0n) is 17.1. The highest BCUT2D eigenvalue weighted by Crippen LogP contribution is 2.21. The van der Waals surface area contributed by atoms with Gasteiger partial charge in [0.05, 0.1) is 0 Å². The first-order chi connectivity index (χ1) is 13.9. The van der Waals surface area contributed by atoms with E-state index >= 15 is 0 Å². The molecule has 6 nitrogen and oxygen atoms in total. The molecule has 1 N–H and O–H groups in total. The fraction of sp³-hybridized carbons (Fsp3) is 0.318. The number of carbonyl (C=O) groups is 2. The summed E-state index contributed by atoms with van der Waals surface area (Å²) in [6, 6.07) is 12.0. The molecule has 0 spiro atoms. The summed E-state index contributed by atoms with van der Waals surface area (Å²) in [5.74, 6) is -0.809.